The van der Waals surface area contributed by atoms with Crippen molar-refractivity contribution in [1.29, 1.82) is 0 Å². The standard InChI is InChI=1S/C20H19FN4O2S/c1-22-20(28)25-18-14-10-17(27-3)16(26-2)8-11(14)7-15(18)19(24-25)23-13-6-4-5-12(21)9-13/h4-6,8-10H,7H2,1-3H3,(H,22,28)(H,23,24). The second kappa shape index (κ2) is 7.12. The highest BCUT2D eigenvalue weighted by Gasteiger charge is 2.30. The third-order valence-electron chi connectivity index (χ3n) is 4.71. The monoisotopic (exact) mass is 398 g/mol. The van der Waals surface area contributed by atoms with E-state index >= 15 is 0 Å². The second-order valence-electron chi connectivity index (χ2n) is 6.32. The minimum absolute atomic E-state index is 0.315. The fourth-order valence-corrected chi connectivity index (χ4v) is 3.56. The third kappa shape index (κ3) is 2.95. The predicted molar refractivity (Wildman–Crippen MR) is 110 cm³/mol. The SMILES string of the molecule is CNC(=S)n1nc(Nc2cccc(F)c2)c2c1-c1cc(OC)c(OC)cc1C2. The molecule has 1 aliphatic rings. The molecule has 3 aromatic rings. The molecule has 0 fully saturated rings. The van der Waals surface area contributed by atoms with Gasteiger partial charge in [-0.15, -0.1) is 5.10 Å². The van der Waals surface area contributed by atoms with Crippen LogP contribution in [0.15, 0.2) is 36.4 Å². The van der Waals surface area contributed by atoms with E-state index in [0.29, 0.717) is 34.5 Å². The average Bonchev–Trinajstić information content (AvgIpc) is 3.23. The lowest BCUT2D eigenvalue weighted by molar-refractivity contribution is 0.355. The first-order chi connectivity index (χ1) is 13.5. The number of nitrogens with one attached hydrogen (secondary N) is 2. The molecule has 6 nitrogen and oxygen atoms in total. The molecule has 1 aromatic heterocycles. The Morgan fingerprint density at radius 3 is 2.61 bits per heavy atom. The number of aromatic nitrogens is 2. The van der Waals surface area contributed by atoms with Gasteiger partial charge < -0.3 is 20.1 Å². The molecule has 0 atom stereocenters. The van der Waals surface area contributed by atoms with Gasteiger partial charge in [0.2, 0.25) is 0 Å². The molecule has 1 heterocycles. The van der Waals surface area contributed by atoms with Crippen molar-refractivity contribution < 1.29 is 13.9 Å². The summed E-state index contributed by atoms with van der Waals surface area (Å²) >= 11 is 5.45. The quantitative estimate of drug-likeness (QED) is 0.511. The van der Waals surface area contributed by atoms with E-state index in [0.717, 1.165) is 22.4 Å². The first-order valence-electron chi connectivity index (χ1n) is 8.67. The van der Waals surface area contributed by atoms with E-state index in [4.69, 9.17) is 21.7 Å². The molecule has 0 saturated heterocycles. The van der Waals surface area contributed by atoms with Gasteiger partial charge in [-0.3, -0.25) is 0 Å². The van der Waals surface area contributed by atoms with Crippen LogP contribution in [0.5, 0.6) is 11.5 Å². The van der Waals surface area contributed by atoms with E-state index in [1.807, 2.05) is 12.1 Å². The van der Waals surface area contributed by atoms with Crippen LogP contribution in [-0.2, 0) is 6.42 Å². The summed E-state index contributed by atoms with van der Waals surface area (Å²) in [4.78, 5) is 0. The van der Waals surface area contributed by atoms with E-state index in [9.17, 15) is 4.39 Å². The van der Waals surface area contributed by atoms with E-state index in [-0.39, 0.29) is 5.82 Å². The highest BCUT2D eigenvalue weighted by atomic mass is 32.1. The summed E-state index contributed by atoms with van der Waals surface area (Å²) in [5.41, 5.74) is 4.54. The Balaban J connectivity index is 1.85. The number of fused-ring (bicyclic) bond motifs is 3. The Morgan fingerprint density at radius 1 is 1.18 bits per heavy atom. The number of methoxy groups -OCH3 is 2. The van der Waals surface area contributed by atoms with Crippen molar-refractivity contribution in [1.82, 2.24) is 15.1 Å². The fourth-order valence-electron chi connectivity index (χ4n) is 3.43. The number of benzene rings is 2. The maximum Gasteiger partial charge on any atom is 0.194 e. The number of rotatable bonds is 4. The third-order valence-corrected chi connectivity index (χ3v) is 5.09. The summed E-state index contributed by atoms with van der Waals surface area (Å²) in [6.45, 7) is 0. The molecule has 0 radical (unpaired) electrons. The van der Waals surface area contributed by atoms with E-state index in [1.54, 1.807) is 38.1 Å². The van der Waals surface area contributed by atoms with Gasteiger partial charge >= 0.3 is 0 Å². The zero-order chi connectivity index (χ0) is 19.8. The smallest absolute Gasteiger partial charge is 0.194 e. The Bertz CT molecular complexity index is 1080. The summed E-state index contributed by atoms with van der Waals surface area (Å²) in [5.74, 6) is 1.62. The Morgan fingerprint density at radius 2 is 1.93 bits per heavy atom. The second-order valence-corrected chi connectivity index (χ2v) is 6.71. The van der Waals surface area contributed by atoms with Gasteiger partial charge in [0.25, 0.3) is 0 Å². The van der Waals surface area contributed by atoms with Gasteiger partial charge in [0, 0.05) is 30.3 Å². The van der Waals surface area contributed by atoms with Gasteiger partial charge in [-0.25, -0.2) is 9.07 Å². The van der Waals surface area contributed by atoms with Crippen LogP contribution in [0.25, 0.3) is 11.3 Å². The molecule has 0 saturated carbocycles. The Kier molecular flexibility index (Phi) is 4.64. The van der Waals surface area contributed by atoms with E-state index in [1.165, 1.54) is 12.1 Å². The van der Waals surface area contributed by atoms with Gasteiger partial charge in [-0.05, 0) is 48.1 Å². The molecule has 4 rings (SSSR count). The molecule has 144 valence electrons. The highest BCUT2D eigenvalue weighted by molar-refractivity contribution is 7.80. The molecule has 0 aliphatic heterocycles. The van der Waals surface area contributed by atoms with Gasteiger partial charge in [0.15, 0.2) is 22.4 Å². The number of thiocarbonyl (C=S) groups is 1. The molecule has 0 bridgehead atoms. The number of anilines is 2. The van der Waals surface area contributed by atoms with Crippen LogP contribution < -0.4 is 20.1 Å². The number of halogens is 1. The Labute approximate surface area is 167 Å². The lowest BCUT2D eigenvalue weighted by Crippen LogP contribution is -2.25. The first kappa shape index (κ1) is 18.2. The molecule has 1 aliphatic carbocycles. The molecule has 2 N–H and O–H groups in total. The van der Waals surface area contributed by atoms with Crippen molar-refractivity contribution >= 4 is 28.8 Å². The normalized spacial score (nSPS) is 11.6. The van der Waals surface area contributed by atoms with Crippen LogP contribution in [0.4, 0.5) is 15.9 Å². The van der Waals surface area contributed by atoms with Gasteiger partial charge in [-0.1, -0.05) is 6.07 Å². The Hall–Kier alpha value is -3.13. The molecule has 2 aromatic carbocycles. The topological polar surface area (TPSA) is 60.3 Å². The molecule has 0 amide bonds. The lowest BCUT2D eigenvalue weighted by Gasteiger charge is -2.12. The van der Waals surface area contributed by atoms with Gasteiger partial charge in [0.1, 0.15) is 5.82 Å². The fraction of sp³-hybridized carbons (Fsp3) is 0.200. The van der Waals surface area contributed by atoms with Crippen molar-refractivity contribution in [3.8, 4) is 22.8 Å². The van der Waals surface area contributed by atoms with Crippen LogP contribution in [0.3, 0.4) is 0 Å². The van der Waals surface area contributed by atoms with Crippen LogP contribution >= 0.6 is 12.2 Å². The van der Waals surface area contributed by atoms with Crippen LogP contribution in [0.2, 0.25) is 0 Å². The summed E-state index contributed by atoms with van der Waals surface area (Å²) in [5, 5.41) is 11.3. The first-order valence-corrected chi connectivity index (χ1v) is 9.08. The highest BCUT2D eigenvalue weighted by Crippen LogP contribution is 2.45. The predicted octanol–water partition coefficient (Wildman–Crippen LogP) is 3.71. The van der Waals surface area contributed by atoms with Gasteiger partial charge in [-0.2, -0.15) is 0 Å². The maximum atomic E-state index is 13.6. The molecule has 8 heteroatoms. The average molecular weight is 398 g/mol. The van der Waals surface area contributed by atoms with Crippen LogP contribution in [-0.4, -0.2) is 36.2 Å². The molecule has 0 spiro atoms. The minimum atomic E-state index is -0.315. The largest absolute Gasteiger partial charge is 0.493 e. The van der Waals surface area contributed by atoms with Crippen molar-refractivity contribution in [2.24, 2.45) is 0 Å². The molecule has 0 unspecified atom stereocenters. The maximum absolute atomic E-state index is 13.6. The van der Waals surface area contributed by atoms with Crippen molar-refractivity contribution in [3.05, 3.63) is 53.3 Å². The van der Waals surface area contributed by atoms with Crippen molar-refractivity contribution in [2.75, 3.05) is 26.6 Å². The van der Waals surface area contributed by atoms with E-state index in [2.05, 4.69) is 15.7 Å². The zero-order valence-electron chi connectivity index (χ0n) is 15.7. The number of nitrogens with zero attached hydrogens (tertiary/aromatic N) is 2. The van der Waals surface area contributed by atoms with Gasteiger partial charge in [0.05, 0.1) is 19.9 Å². The molecular weight excluding hydrogens is 379 g/mol. The lowest BCUT2D eigenvalue weighted by atomic mass is 10.1. The van der Waals surface area contributed by atoms with Crippen LogP contribution in [0, 0.1) is 5.82 Å². The van der Waals surface area contributed by atoms with Crippen LogP contribution in [0.1, 0.15) is 11.1 Å². The summed E-state index contributed by atoms with van der Waals surface area (Å²) < 4.78 is 26.2. The van der Waals surface area contributed by atoms with Crippen molar-refractivity contribution in [2.45, 2.75) is 6.42 Å². The summed E-state index contributed by atoms with van der Waals surface area (Å²) in [7, 11) is 4.97. The minimum Gasteiger partial charge on any atom is -0.493 e. The van der Waals surface area contributed by atoms with E-state index < -0.39 is 0 Å². The summed E-state index contributed by atoms with van der Waals surface area (Å²) in [6.07, 6.45) is 0.648. The number of hydrogen-bond acceptors (Lipinski definition) is 5. The number of hydrogen-bond donors (Lipinski definition) is 2. The summed E-state index contributed by atoms with van der Waals surface area (Å²) in [6, 6.07) is 10.2. The number of ether oxygens (including phenoxy) is 2. The molecular formula is C20H19FN4O2S. The van der Waals surface area contributed by atoms with Crippen molar-refractivity contribution in [3.63, 3.8) is 0 Å². The zero-order valence-corrected chi connectivity index (χ0v) is 16.5. The molecule has 28 heavy (non-hydrogen) atoms.